The minimum atomic E-state index is -1.65. The van der Waals surface area contributed by atoms with Gasteiger partial charge < -0.3 is 10.2 Å². The van der Waals surface area contributed by atoms with Crippen LogP contribution in [0.1, 0.15) is 90.4 Å². The fraction of sp³-hybridized carbons (Fsp3) is 1.00. The maximum absolute atomic E-state index is 9.05. The van der Waals surface area contributed by atoms with E-state index in [1.54, 1.807) is 0 Å². The monoisotopic (exact) mass is 322 g/mol. The Labute approximate surface area is 121 Å². The van der Waals surface area contributed by atoms with E-state index in [1.165, 1.54) is 64.2 Å². The predicted octanol–water partition coefficient (Wildman–Crippen LogP) is 5.11. The third-order valence-electron chi connectivity index (χ3n) is 3.35. The molecule has 0 unspecified atom stereocenters. The van der Waals surface area contributed by atoms with Gasteiger partial charge in [0.2, 0.25) is 4.70 Å². The van der Waals surface area contributed by atoms with Crippen LogP contribution < -0.4 is 0 Å². The summed E-state index contributed by atoms with van der Waals surface area (Å²) < 4.78 is -1.65. The van der Waals surface area contributed by atoms with E-state index < -0.39 is 4.70 Å². The molecule has 0 aliphatic carbocycles. The van der Waals surface area contributed by atoms with E-state index in [2.05, 4.69) is 22.9 Å². The zero-order chi connectivity index (χ0) is 13.7. The van der Waals surface area contributed by atoms with Gasteiger partial charge in [-0.2, -0.15) is 0 Å². The predicted molar refractivity (Wildman–Crippen MR) is 81.8 cm³/mol. The van der Waals surface area contributed by atoms with E-state index in [-0.39, 0.29) is 0 Å². The highest BCUT2D eigenvalue weighted by Crippen LogP contribution is 2.19. The lowest BCUT2D eigenvalue weighted by Crippen LogP contribution is -2.17. The van der Waals surface area contributed by atoms with Crippen molar-refractivity contribution < 1.29 is 10.2 Å². The largest absolute Gasteiger partial charge is 0.357 e. The molecule has 0 bridgehead atoms. The highest BCUT2D eigenvalue weighted by atomic mass is 79.9. The second-order valence-corrected chi connectivity index (χ2v) is 6.63. The maximum atomic E-state index is 9.05. The number of alkyl halides is 1. The Morgan fingerprint density at radius 1 is 0.667 bits per heavy atom. The first-order valence-corrected chi connectivity index (χ1v) is 8.49. The summed E-state index contributed by atoms with van der Waals surface area (Å²) >= 11 is 2.82. The molecule has 2 nitrogen and oxygen atoms in total. The van der Waals surface area contributed by atoms with Crippen molar-refractivity contribution in [3.05, 3.63) is 0 Å². The van der Waals surface area contributed by atoms with Crippen LogP contribution in [0, 0.1) is 0 Å². The van der Waals surface area contributed by atoms with E-state index in [0.717, 1.165) is 12.8 Å². The third-order valence-corrected chi connectivity index (χ3v) is 3.74. The summed E-state index contributed by atoms with van der Waals surface area (Å²) in [6, 6.07) is 0. The molecule has 3 heteroatoms. The molecule has 0 rings (SSSR count). The molecule has 0 aliphatic heterocycles. The second kappa shape index (κ2) is 12.4. The molecule has 0 heterocycles. The van der Waals surface area contributed by atoms with Gasteiger partial charge in [0.25, 0.3) is 0 Å². The Balaban J connectivity index is 2.99. The Kier molecular flexibility index (Phi) is 12.7. The quantitative estimate of drug-likeness (QED) is 0.281. The van der Waals surface area contributed by atoms with Crippen molar-refractivity contribution in [2.24, 2.45) is 0 Å². The maximum Gasteiger partial charge on any atom is 0.221 e. The van der Waals surface area contributed by atoms with Crippen LogP contribution in [-0.4, -0.2) is 14.9 Å². The highest BCUT2D eigenvalue weighted by Gasteiger charge is 2.15. The van der Waals surface area contributed by atoms with E-state index in [1.807, 2.05) is 0 Å². The van der Waals surface area contributed by atoms with Crippen molar-refractivity contribution in [3.8, 4) is 0 Å². The molecule has 0 aromatic carbocycles. The number of hydrogen-bond acceptors (Lipinski definition) is 2. The van der Waals surface area contributed by atoms with Gasteiger partial charge >= 0.3 is 0 Å². The lowest BCUT2D eigenvalue weighted by Gasteiger charge is -2.12. The Bertz CT molecular complexity index is 166. The number of unbranched alkanes of at least 4 members (excludes halogenated alkanes) is 11. The normalized spacial score (nSPS) is 12.0. The Morgan fingerprint density at radius 3 is 1.33 bits per heavy atom. The van der Waals surface area contributed by atoms with Crippen LogP contribution in [0.3, 0.4) is 0 Å². The van der Waals surface area contributed by atoms with Crippen molar-refractivity contribution in [2.75, 3.05) is 0 Å². The SMILES string of the molecule is CCCCCCCCCCCCCCC(O)(O)Br. The zero-order valence-corrected chi connectivity index (χ0v) is 13.6. The van der Waals surface area contributed by atoms with E-state index in [0.29, 0.717) is 6.42 Å². The summed E-state index contributed by atoms with van der Waals surface area (Å²) in [4.78, 5) is 0. The van der Waals surface area contributed by atoms with Crippen LogP contribution >= 0.6 is 15.9 Å². The molecule has 0 spiro atoms. The summed E-state index contributed by atoms with van der Waals surface area (Å²) in [7, 11) is 0. The number of rotatable bonds is 13. The van der Waals surface area contributed by atoms with Gasteiger partial charge in [0, 0.05) is 6.42 Å². The molecule has 110 valence electrons. The van der Waals surface area contributed by atoms with Gasteiger partial charge in [0.05, 0.1) is 0 Å². The topological polar surface area (TPSA) is 40.5 Å². The van der Waals surface area contributed by atoms with Gasteiger partial charge in [0.15, 0.2) is 0 Å². The van der Waals surface area contributed by atoms with Crippen LogP contribution in [0.5, 0.6) is 0 Å². The van der Waals surface area contributed by atoms with E-state index >= 15 is 0 Å². The van der Waals surface area contributed by atoms with E-state index in [9.17, 15) is 0 Å². The summed E-state index contributed by atoms with van der Waals surface area (Å²) in [5.41, 5.74) is 0. The van der Waals surface area contributed by atoms with Gasteiger partial charge in [-0.3, -0.25) is 0 Å². The standard InChI is InChI=1S/C15H31BrO2/c1-2-3-4-5-6-7-8-9-10-11-12-13-14-15(16,17)18/h17-18H,2-14H2,1H3. The minimum absolute atomic E-state index is 0.421. The van der Waals surface area contributed by atoms with Gasteiger partial charge in [0.1, 0.15) is 0 Å². The summed E-state index contributed by atoms with van der Waals surface area (Å²) in [6.45, 7) is 2.26. The molecule has 0 saturated carbocycles. The van der Waals surface area contributed by atoms with Gasteiger partial charge in [-0.1, -0.05) is 77.6 Å². The lowest BCUT2D eigenvalue weighted by atomic mass is 10.0. The molecular formula is C15H31BrO2. The summed E-state index contributed by atoms with van der Waals surface area (Å²) in [5.74, 6) is 0. The van der Waals surface area contributed by atoms with Crippen LogP contribution in [0.2, 0.25) is 0 Å². The first kappa shape index (κ1) is 18.4. The summed E-state index contributed by atoms with van der Waals surface area (Å²) in [6.07, 6.45) is 16.0. The third kappa shape index (κ3) is 16.4. The molecule has 0 saturated heterocycles. The molecule has 0 amide bonds. The average molecular weight is 323 g/mol. The van der Waals surface area contributed by atoms with Crippen molar-refractivity contribution in [3.63, 3.8) is 0 Å². The van der Waals surface area contributed by atoms with Crippen molar-refractivity contribution in [1.29, 1.82) is 0 Å². The molecular weight excluding hydrogens is 292 g/mol. The van der Waals surface area contributed by atoms with E-state index in [4.69, 9.17) is 10.2 Å². The van der Waals surface area contributed by atoms with Crippen LogP contribution in [0.15, 0.2) is 0 Å². The molecule has 0 fully saturated rings. The molecule has 0 aromatic heterocycles. The van der Waals surface area contributed by atoms with Gasteiger partial charge in [-0.05, 0) is 22.4 Å². The fourth-order valence-corrected chi connectivity index (χ4v) is 2.47. The highest BCUT2D eigenvalue weighted by molar-refractivity contribution is 9.09. The Morgan fingerprint density at radius 2 is 1.00 bits per heavy atom. The van der Waals surface area contributed by atoms with Crippen molar-refractivity contribution in [1.82, 2.24) is 0 Å². The van der Waals surface area contributed by atoms with Crippen LogP contribution in [-0.2, 0) is 0 Å². The number of aliphatic hydroxyl groups is 2. The second-order valence-electron chi connectivity index (χ2n) is 5.36. The number of hydrogen-bond donors (Lipinski definition) is 2. The first-order chi connectivity index (χ1) is 8.56. The van der Waals surface area contributed by atoms with Gasteiger partial charge in [-0.15, -0.1) is 0 Å². The Hall–Kier alpha value is 0.400. The molecule has 2 N–H and O–H groups in total. The molecule has 0 aliphatic rings. The average Bonchev–Trinajstić information content (AvgIpc) is 2.29. The zero-order valence-electron chi connectivity index (χ0n) is 12.0. The first-order valence-electron chi connectivity index (χ1n) is 7.70. The molecule has 0 radical (unpaired) electrons. The molecule has 0 atom stereocenters. The lowest BCUT2D eigenvalue weighted by molar-refractivity contribution is -0.0753. The summed E-state index contributed by atoms with van der Waals surface area (Å²) in [5, 5.41) is 18.1. The van der Waals surface area contributed by atoms with Crippen molar-refractivity contribution in [2.45, 2.75) is 95.1 Å². The molecule has 18 heavy (non-hydrogen) atoms. The van der Waals surface area contributed by atoms with Crippen LogP contribution in [0.25, 0.3) is 0 Å². The fourth-order valence-electron chi connectivity index (χ4n) is 2.19. The van der Waals surface area contributed by atoms with Crippen LogP contribution in [0.4, 0.5) is 0 Å². The van der Waals surface area contributed by atoms with Gasteiger partial charge in [-0.25, -0.2) is 0 Å². The minimum Gasteiger partial charge on any atom is -0.357 e. The van der Waals surface area contributed by atoms with Crippen molar-refractivity contribution >= 4 is 15.9 Å². The molecule has 0 aromatic rings. The smallest absolute Gasteiger partial charge is 0.221 e. The number of halogens is 1.